The van der Waals surface area contributed by atoms with Crippen LogP contribution in [0.5, 0.6) is 0 Å². The zero-order chi connectivity index (χ0) is 12.1. The molecule has 1 saturated carbocycles. The summed E-state index contributed by atoms with van der Waals surface area (Å²) in [7, 11) is 0. The van der Waals surface area contributed by atoms with E-state index in [9.17, 15) is 9.59 Å². The first-order chi connectivity index (χ1) is 7.54. The highest BCUT2D eigenvalue weighted by Gasteiger charge is 2.27. The summed E-state index contributed by atoms with van der Waals surface area (Å²) < 4.78 is 0. The summed E-state index contributed by atoms with van der Waals surface area (Å²) in [5, 5.41) is 2.93. The van der Waals surface area contributed by atoms with Crippen LogP contribution in [0.4, 0.5) is 0 Å². The molecule has 0 aromatic rings. The number of hydrogen-bond donors (Lipinski definition) is 3. The van der Waals surface area contributed by atoms with Crippen LogP contribution in [-0.2, 0) is 9.59 Å². The van der Waals surface area contributed by atoms with Gasteiger partial charge in [-0.25, -0.2) is 0 Å². The normalized spacial score (nSPS) is 25.5. The van der Waals surface area contributed by atoms with Crippen LogP contribution in [0, 0.1) is 11.8 Å². The molecule has 5 N–H and O–H groups in total. The Bertz CT molecular complexity index is 273. The first-order valence-corrected chi connectivity index (χ1v) is 5.84. The third kappa shape index (κ3) is 4.91. The van der Waals surface area contributed by atoms with Crippen LogP contribution in [0.3, 0.4) is 0 Å². The molecule has 0 aliphatic heterocycles. The van der Waals surface area contributed by atoms with E-state index < -0.39 is 0 Å². The van der Waals surface area contributed by atoms with Crippen LogP contribution in [-0.4, -0.2) is 24.4 Å². The van der Waals surface area contributed by atoms with Crippen molar-refractivity contribution < 1.29 is 9.59 Å². The average molecular weight is 264 g/mol. The highest BCUT2D eigenvalue weighted by molar-refractivity contribution is 5.85. The molecule has 0 saturated heterocycles. The van der Waals surface area contributed by atoms with Crippen LogP contribution in [0.15, 0.2) is 0 Å². The van der Waals surface area contributed by atoms with Crippen LogP contribution >= 0.6 is 12.4 Å². The van der Waals surface area contributed by atoms with Gasteiger partial charge in [0.15, 0.2) is 0 Å². The topological polar surface area (TPSA) is 98.2 Å². The zero-order valence-corrected chi connectivity index (χ0v) is 11.0. The summed E-state index contributed by atoms with van der Waals surface area (Å²) in [6.07, 6.45) is 3.37. The molecule has 0 aromatic heterocycles. The summed E-state index contributed by atoms with van der Waals surface area (Å²) in [4.78, 5) is 22.7. The fraction of sp³-hybridized carbons (Fsp3) is 0.818. The minimum Gasteiger partial charge on any atom is -0.369 e. The monoisotopic (exact) mass is 263 g/mol. The number of nitrogens with one attached hydrogen (secondary N) is 1. The Balaban J connectivity index is 0.00000256. The molecule has 0 spiro atoms. The third-order valence-electron chi connectivity index (χ3n) is 3.22. The second kappa shape index (κ2) is 7.50. The summed E-state index contributed by atoms with van der Waals surface area (Å²) >= 11 is 0. The van der Waals surface area contributed by atoms with Crippen molar-refractivity contribution in [1.82, 2.24) is 5.32 Å². The Morgan fingerprint density at radius 2 is 2.06 bits per heavy atom. The van der Waals surface area contributed by atoms with Gasteiger partial charge < -0.3 is 16.8 Å². The Labute approximate surface area is 108 Å². The SMILES string of the molecule is CC(CN)C(=O)NC1CCCC(C(N)=O)C1.Cl. The molecule has 100 valence electrons. The van der Waals surface area contributed by atoms with Crippen molar-refractivity contribution in [2.75, 3.05) is 6.54 Å². The maximum Gasteiger partial charge on any atom is 0.224 e. The van der Waals surface area contributed by atoms with Crippen LogP contribution < -0.4 is 16.8 Å². The second-order valence-corrected chi connectivity index (χ2v) is 4.61. The lowest BCUT2D eigenvalue weighted by Gasteiger charge is -2.28. The Morgan fingerprint density at radius 1 is 1.41 bits per heavy atom. The molecule has 0 heterocycles. The van der Waals surface area contributed by atoms with Crippen LogP contribution in [0.2, 0.25) is 0 Å². The molecule has 0 bridgehead atoms. The molecule has 1 fully saturated rings. The van der Waals surface area contributed by atoms with Gasteiger partial charge in [-0.2, -0.15) is 0 Å². The van der Waals surface area contributed by atoms with Crippen molar-refractivity contribution in [2.45, 2.75) is 38.6 Å². The van der Waals surface area contributed by atoms with E-state index in [4.69, 9.17) is 11.5 Å². The number of nitrogens with two attached hydrogens (primary N) is 2. The smallest absolute Gasteiger partial charge is 0.224 e. The van der Waals surface area contributed by atoms with Gasteiger partial charge in [0.05, 0.1) is 0 Å². The van der Waals surface area contributed by atoms with Crippen LogP contribution in [0.25, 0.3) is 0 Å². The van der Waals surface area contributed by atoms with E-state index in [1.165, 1.54) is 0 Å². The first-order valence-electron chi connectivity index (χ1n) is 5.84. The third-order valence-corrected chi connectivity index (χ3v) is 3.22. The van der Waals surface area contributed by atoms with Gasteiger partial charge >= 0.3 is 0 Å². The molecule has 5 nitrogen and oxygen atoms in total. The quantitative estimate of drug-likeness (QED) is 0.674. The molecule has 6 heteroatoms. The molecule has 3 unspecified atom stereocenters. The molecule has 0 aromatic carbocycles. The van der Waals surface area contributed by atoms with E-state index in [1.807, 2.05) is 0 Å². The molecule has 0 radical (unpaired) electrons. The number of carbonyl (C=O) groups is 2. The number of amides is 2. The number of hydrogen-bond acceptors (Lipinski definition) is 3. The van der Waals surface area contributed by atoms with Gasteiger partial charge in [0.2, 0.25) is 11.8 Å². The second-order valence-electron chi connectivity index (χ2n) is 4.61. The molecule has 2 amide bonds. The van der Waals surface area contributed by atoms with E-state index in [2.05, 4.69) is 5.32 Å². The molecule has 17 heavy (non-hydrogen) atoms. The van der Waals surface area contributed by atoms with Crippen molar-refractivity contribution in [3.63, 3.8) is 0 Å². The lowest BCUT2D eigenvalue weighted by atomic mass is 9.85. The van der Waals surface area contributed by atoms with E-state index in [-0.39, 0.29) is 42.1 Å². The van der Waals surface area contributed by atoms with Crippen molar-refractivity contribution in [3.8, 4) is 0 Å². The van der Waals surface area contributed by atoms with E-state index >= 15 is 0 Å². The average Bonchev–Trinajstić information content (AvgIpc) is 2.28. The van der Waals surface area contributed by atoms with Gasteiger partial charge in [0, 0.05) is 24.4 Å². The summed E-state index contributed by atoms with van der Waals surface area (Å²) in [6.45, 7) is 2.14. The number of primary amides is 1. The molecule has 1 aliphatic rings. The lowest BCUT2D eigenvalue weighted by molar-refractivity contribution is -0.127. The van der Waals surface area contributed by atoms with E-state index in [1.54, 1.807) is 6.92 Å². The lowest BCUT2D eigenvalue weighted by Crippen LogP contribution is -2.44. The van der Waals surface area contributed by atoms with Gasteiger partial charge in [-0.3, -0.25) is 9.59 Å². The first kappa shape index (κ1) is 16.2. The Kier molecular flexibility index (Phi) is 7.15. The fourth-order valence-electron chi connectivity index (χ4n) is 2.03. The summed E-state index contributed by atoms with van der Waals surface area (Å²) in [5.74, 6) is -0.551. The molecule has 3 atom stereocenters. The zero-order valence-electron chi connectivity index (χ0n) is 10.1. The fourth-order valence-corrected chi connectivity index (χ4v) is 2.03. The van der Waals surface area contributed by atoms with Crippen molar-refractivity contribution in [3.05, 3.63) is 0 Å². The molecular formula is C11H22ClN3O2. The highest BCUT2D eigenvalue weighted by Crippen LogP contribution is 2.24. The van der Waals surface area contributed by atoms with Crippen LogP contribution in [0.1, 0.15) is 32.6 Å². The minimum atomic E-state index is -0.258. The Hall–Kier alpha value is -0.810. The van der Waals surface area contributed by atoms with Crippen molar-refractivity contribution in [2.24, 2.45) is 23.3 Å². The summed E-state index contributed by atoms with van der Waals surface area (Å²) in [5.41, 5.74) is 10.7. The largest absolute Gasteiger partial charge is 0.369 e. The van der Waals surface area contributed by atoms with Gasteiger partial charge in [-0.05, 0) is 19.3 Å². The van der Waals surface area contributed by atoms with Crippen molar-refractivity contribution >= 4 is 24.2 Å². The maximum absolute atomic E-state index is 11.6. The summed E-state index contributed by atoms with van der Waals surface area (Å²) in [6, 6.07) is 0.0766. The molecule has 1 aliphatic carbocycles. The Morgan fingerprint density at radius 3 is 2.59 bits per heavy atom. The van der Waals surface area contributed by atoms with Gasteiger partial charge in [0.25, 0.3) is 0 Å². The number of halogens is 1. The van der Waals surface area contributed by atoms with E-state index in [0.29, 0.717) is 13.0 Å². The predicted molar refractivity (Wildman–Crippen MR) is 68.5 cm³/mol. The standard InChI is InChI=1S/C11H21N3O2.ClH/c1-7(6-12)11(16)14-9-4-2-3-8(5-9)10(13)15;/h7-9H,2-6,12H2,1H3,(H2,13,15)(H,14,16);1H. The van der Waals surface area contributed by atoms with Gasteiger partial charge in [-0.15, -0.1) is 12.4 Å². The van der Waals surface area contributed by atoms with Gasteiger partial charge in [0.1, 0.15) is 0 Å². The van der Waals surface area contributed by atoms with Crippen molar-refractivity contribution in [1.29, 1.82) is 0 Å². The maximum atomic E-state index is 11.6. The molecule has 1 rings (SSSR count). The predicted octanol–water partition coefficient (Wildman–Crippen LogP) is 0.163. The molecular weight excluding hydrogens is 242 g/mol. The van der Waals surface area contributed by atoms with E-state index in [0.717, 1.165) is 19.3 Å². The number of rotatable bonds is 4. The number of carbonyl (C=O) groups excluding carboxylic acids is 2. The minimum absolute atomic E-state index is 0. The highest BCUT2D eigenvalue weighted by atomic mass is 35.5. The van der Waals surface area contributed by atoms with Gasteiger partial charge in [-0.1, -0.05) is 13.3 Å².